The van der Waals surface area contributed by atoms with Gasteiger partial charge in [-0.3, -0.25) is 9.63 Å². The highest BCUT2D eigenvalue weighted by molar-refractivity contribution is 7.89. The Hall–Kier alpha value is -1.28. The quantitative estimate of drug-likeness (QED) is 0.450. The molecule has 0 heterocycles. The third kappa shape index (κ3) is 4.19. The summed E-state index contributed by atoms with van der Waals surface area (Å²) in [5.74, 6) is -0.202. The van der Waals surface area contributed by atoms with Crippen LogP contribution in [0, 0.1) is 0 Å². The Bertz CT molecular complexity index is 512. The number of hydrogen-bond acceptors (Lipinski definition) is 5. The molecule has 100 valence electrons. The monoisotopic (exact) mass is 273 g/mol. The summed E-state index contributed by atoms with van der Waals surface area (Å²) in [5.41, 5.74) is 0.328. The molecule has 0 saturated carbocycles. The predicted octanol–water partition coefficient (Wildman–Crippen LogP) is 0.745. The van der Waals surface area contributed by atoms with Gasteiger partial charge >= 0.3 is 0 Å². The van der Waals surface area contributed by atoms with Crippen molar-refractivity contribution in [1.82, 2.24) is 4.89 Å². The van der Waals surface area contributed by atoms with Crippen molar-refractivity contribution in [2.24, 2.45) is 0 Å². The van der Waals surface area contributed by atoms with Crippen LogP contribution in [0.2, 0.25) is 0 Å². The van der Waals surface area contributed by atoms with Gasteiger partial charge in [0, 0.05) is 12.7 Å². The van der Waals surface area contributed by atoms with Crippen molar-refractivity contribution in [2.45, 2.75) is 11.8 Å². The van der Waals surface area contributed by atoms with Crippen LogP contribution < -0.4 is 4.89 Å². The molecule has 0 saturated heterocycles. The van der Waals surface area contributed by atoms with E-state index in [0.717, 1.165) is 0 Å². The fraction of sp³-hybridized carbons (Fsp3) is 0.364. The molecule has 0 aliphatic carbocycles. The summed E-state index contributed by atoms with van der Waals surface area (Å²) in [6.45, 7) is 1.74. The molecule has 6 nitrogen and oxygen atoms in total. The SMILES string of the molecule is COCCONS(=O)(=O)c1cccc(C(C)=O)c1. The highest BCUT2D eigenvalue weighted by atomic mass is 32.2. The Morgan fingerprint density at radius 3 is 2.67 bits per heavy atom. The largest absolute Gasteiger partial charge is 0.382 e. The van der Waals surface area contributed by atoms with Gasteiger partial charge in [0.05, 0.1) is 18.1 Å². The van der Waals surface area contributed by atoms with E-state index < -0.39 is 10.0 Å². The lowest BCUT2D eigenvalue weighted by molar-refractivity contribution is 0.0438. The first-order valence-corrected chi connectivity index (χ1v) is 6.69. The second-order valence-corrected chi connectivity index (χ2v) is 5.16. The average molecular weight is 273 g/mol. The number of methoxy groups -OCH3 is 1. The van der Waals surface area contributed by atoms with Gasteiger partial charge in [-0.05, 0) is 19.1 Å². The van der Waals surface area contributed by atoms with Gasteiger partial charge in [-0.15, -0.1) is 0 Å². The second kappa shape index (κ2) is 6.60. The zero-order valence-electron chi connectivity index (χ0n) is 10.2. The molecule has 0 spiro atoms. The fourth-order valence-corrected chi connectivity index (χ4v) is 2.05. The van der Waals surface area contributed by atoms with E-state index in [2.05, 4.69) is 0 Å². The standard InChI is InChI=1S/C11H15NO5S/c1-9(13)10-4-3-5-11(8-10)18(14,15)12-17-7-6-16-2/h3-5,8,12H,6-7H2,1-2H3. The van der Waals surface area contributed by atoms with Crippen molar-refractivity contribution in [2.75, 3.05) is 20.3 Å². The zero-order valence-corrected chi connectivity index (χ0v) is 11.0. The van der Waals surface area contributed by atoms with Crippen LogP contribution in [0.25, 0.3) is 0 Å². The lowest BCUT2D eigenvalue weighted by Gasteiger charge is -2.07. The molecule has 0 aliphatic rings. The van der Waals surface area contributed by atoms with Gasteiger partial charge in [-0.2, -0.15) is 0 Å². The maximum atomic E-state index is 11.8. The number of ketones is 1. The maximum Gasteiger partial charge on any atom is 0.262 e. The van der Waals surface area contributed by atoms with E-state index in [-0.39, 0.29) is 23.9 Å². The molecule has 0 amide bonds. The topological polar surface area (TPSA) is 81.7 Å². The minimum atomic E-state index is -3.78. The number of ether oxygens (including phenoxy) is 1. The van der Waals surface area contributed by atoms with Gasteiger partial charge in [-0.1, -0.05) is 17.0 Å². The Morgan fingerprint density at radius 2 is 2.06 bits per heavy atom. The van der Waals surface area contributed by atoms with E-state index in [9.17, 15) is 13.2 Å². The number of nitrogens with one attached hydrogen (secondary N) is 1. The number of Topliss-reactive ketones (excluding diaryl/α,β-unsaturated/α-hetero) is 1. The first-order chi connectivity index (χ1) is 8.47. The summed E-state index contributed by atoms with van der Waals surface area (Å²) in [7, 11) is -2.30. The van der Waals surface area contributed by atoms with Gasteiger partial charge in [0.1, 0.15) is 0 Å². The van der Waals surface area contributed by atoms with Gasteiger partial charge in [-0.25, -0.2) is 8.42 Å². The van der Waals surface area contributed by atoms with E-state index in [1.165, 1.54) is 32.2 Å². The van der Waals surface area contributed by atoms with Crippen molar-refractivity contribution < 1.29 is 22.8 Å². The van der Waals surface area contributed by atoms with Crippen LogP contribution in [-0.2, 0) is 19.6 Å². The first-order valence-electron chi connectivity index (χ1n) is 5.21. The molecule has 1 N–H and O–H groups in total. The highest BCUT2D eigenvalue weighted by Crippen LogP contribution is 2.11. The van der Waals surface area contributed by atoms with Crippen molar-refractivity contribution in [3.8, 4) is 0 Å². The van der Waals surface area contributed by atoms with Crippen molar-refractivity contribution in [1.29, 1.82) is 0 Å². The Morgan fingerprint density at radius 1 is 1.33 bits per heavy atom. The molecule has 0 aliphatic heterocycles. The Labute approximate surface area is 106 Å². The minimum Gasteiger partial charge on any atom is -0.382 e. The predicted molar refractivity (Wildman–Crippen MR) is 64.6 cm³/mol. The van der Waals surface area contributed by atoms with Crippen molar-refractivity contribution in [3.63, 3.8) is 0 Å². The molecule has 0 fully saturated rings. The number of benzene rings is 1. The average Bonchev–Trinajstić information content (AvgIpc) is 2.35. The lowest BCUT2D eigenvalue weighted by atomic mass is 10.2. The summed E-state index contributed by atoms with van der Waals surface area (Å²) in [6.07, 6.45) is 0. The third-order valence-corrected chi connectivity index (χ3v) is 3.32. The van der Waals surface area contributed by atoms with Gasteiger partial charge in [0.2, 0.25) is 0 Å². The third-order valence-electron chi connectivity index (χ3n) is 2.11. The van der Waals surface area contributed by atoms with Crippen LogP contribution in [0.1, 0.15) is 17.3 Å². The minimum absolute atomic E-state index is 0.0207. The zero-order chi connectivity index (χ0) is 13.6. The number of hydrogen-bond donors (Lipinski definition) is 1. The van der Waals surface area contributed by atoms with Crippen LogP contribution in [0.5, 0.6) is 0 Å². The van der Waals surface area contributed by atoms with Crippen LogP contribution in [0.4, 0.5) is 0 Å². The highest BCUT2D eigenvalue weighted by Gasteiger charge is 2.15. The van der Waals surface area contributed by atoms with Crippen molar-refractivity contribution in [3.05, 3.63) is 29.8 Å². The van der Waals surface area contributed by atoms with E-state index in [0.29, 0.717) is 5.56 Å². The van der Waals surface area contributed by atoms with E-state index in [1.807, 2.05) is 4.89 Å². The summed E-state index contributed by atoms with van der Waals surface area (Å²) >= 11 is 0. The smallest absolute Gasteiger partial charge is 0.262 e. The molecule has 7 heteroatoms. The number of sulfonamides is 1. The first kappa shape index (κ1) is 14.8. The Balaban J connectivity index is 2.78. The molecular weight excluding hydrogens is 258 g/mol. The number of carbonyl (C=O) groups is 1. The molecule has 0 bridgehead atoms. The van der Waals surface area contributed by atoms with Crippen LogP contribution in [0.15, 0.2) is 29.2 Å². The molecule has 1 rings (SSSR count). The van der Waals surface area contributed by atoms with E-state index in [1.54, 1.807) is 6.07 Å². The summed E-state index contributed by atoms with van der Waals surface area (Å²) in [6, 6.07) is 5.73. The maximum absolute atomic E-state index is 11.8. The second-order valence-electron chi connectivity index (χ2n) is 3.51. The summed E-state index contributed by atoms with van der Waals surface area (Å²) in [5, 5.41) is 0. The molecule has 0 radical (unpaired) electrons. The van der Waals surface area contributed by atoms with Crippen molar-refractivity contribution >= 4 is 15.8 Å². The van der Waals surface area contributed by atoms with Crippen LogP contribution in [-0.4, -0.2) is 34.5 Å². The van der Waals surface area contributed by atoms with E-state index >= 15 is 0 Å². The summed E-state index contributed by atoms with van der Waals surface area (Å²) < 4.78 is 28.3. The fourth-order valence-electron chi connectivity index (χ4n) is 1.17. The molecule has 0 unspecified atom stereocenters. The van der Waals surface area contributed by atoms with Gasteiger partial charge < -0.3 is 4.74 Å². The number of rotatable bonds is 7. The molecular formula is C11H15NO5S. The molecule has 1 aromatic rings. The van der Waals surface area contributed by atoms with Gasteiger partial charge in [0.15, 0.2) is 5.78 Å². The van der Waals surface area contributed by atoms with Crippen LogP contribution in [0.3, 0.4) is 0 Å². The normalized spacial score (nSPS) is 11.4. The Kier molecular flexibility index (Phi) is 5.42. The van der Waals surface area contributed by atoms with Crippen LogP contribution >= 0.6 is 0 Å². The lowest BCUT2D eigenvalue weighted by Crippen LogP contribution is -2.25. The molecule has 0 aromatic heterocycles. The number of carbonyl (C=O) groups excluding carboxylic acids is 1. The summed E-state index contributed by atoms with van der Waals surface area (Å²) in [4.78, 5) is 17.8. The van der Waals surface area contributed by atoms with E-state index in [4.69, 9.17) is 9.57 Å². The molecule has 18 heavy (non-hydrogen) atoms. The molecule has 1 aromatic carbocycles. The molecule has 0 atom stereocenters. The van der Waals surface area contributed by atoms with Gasteiger partial charge in [0.25, 0.3) is 10.0 Å².